The van der Waals surface area contributed by atoms with Crippen molar-refractivity contribution in [3.8, 4) is 0 Å². The minimum Gasteiger partial charge on any atom is -0.343 e. The highest BCUT2D eigenvalue weighted by Crippen LogP contribution is 2.41. The normalized spacial score (nSPS) is 22.2. The number of benzene rings is 2. The van der Waals surface area contributed by atoms with E-state index in [0.29, 0.717) is 63.1 Å². The van der Waals surface area contributed by atoms with Crippen LogP contribution in [0.15, 0.2) is 36.4 Å². The zero-order valence-corrected chi connectivity index (χ0v) is 24.6. The van der Waals surface area contributed by atoms with E-state index in [1.54, 1.807) is 24.8 Å². The lowest BCUT2D eigenvalue weighted by molar-refractivity contribution is -0.143. The number of aryl methyl sites for hydroxylation is 1. The maximum absolute atomic E-state index is 14.3. The lowest BCUT2D eigenvalue weighted by atomic mass is 9.77. The summed E-state index contributed by atoms with van der Waals surface area (Å²) < 4.78 is 95.4. The van der Waals surface area contributed by atoms with Gasteiger partial charge in [-0.25, -0.2) is 4.39 Å². The van der Waals surface area contributed by atoms with E-state index < -0.39 is 35.2 Å². The predicted octanol–water partition coefficient (Wildman–Crippen LogP) is 6.78. The molecule has 3 aliphatic rings. The number of likely N-dealkylation sites (tertiary alicyclic amines) is 2. The molecule has 0 radical (unpaired) electrons. The van der Waals surface area contributed by atoms with Crippen molar-refractivity contribution >= 4 is 11.8 Å². The molecule has 2 heterocycles. The first-order valence-corrected chi connectivity index (χ1v) is 15.0. The number of alkyl halides is 6. The van der Waals surface area contributed by atoms with Crippen LogP contribution >= 0.6 is 0 Å². The molecule has 2 aliphatic heterocycles. The maximum atomic E-state index is 14.3. The number of piperidine rings is 2. The molecule has 0 bridgehead atoms. The molecule has 3 fully saturated rings. The van der Waals surface area contributed by atoms with E-state index in [1.165, 1.54) is 17.0 Å². The van der Waals surface area contributed by atoms with Gasteiger partial charge in [-0.15, -0.1) is 0 Å². The van der Waals surface area contributed by atoms with Crippen molar-refractivity contribution in [3.05, 3.63) is 70.0 Å². The van der Waals surface area contributed by atoms with Crippen molar-refractivity contribution in [1.29, 1.82) is 0 Å². The second-order valence-corrected chi connectivity index (χ2v) is 12.3. The number of carbonyl (C=O) groups is 2. The van der Waals surface area contributed by atoms with Crippen molar-refractivity contribution in [2.45, 2.75) is 82.9 Å². The maximum Gasteiger partial charge on any atom is 0.416 e. The summed E-state index contributed by atoms with van der Waals surface area (Å²) in [5.41, 5.74) is -1.57. The van der Waals surface area contributed by atoms with Gasteiger partial charge < -0.3 is 9.80 Å². The average Bonchev–Trinajstić information content (AvgIpc) is 3.80. The first-order chi connectivity index (χ1) is 20.6. The Bertz CT molecular complexity index is 1350. The van der Waals surface area contributed by atoms with Gasteiger partial charge in [-0.05, 0) is 92.6 Å². The number of carbonyl (C=O) groups excluding carboxylic acids is 2. The van der Waals surface area contributed by atoms with Crippen LogP contribution in [0.3, 0.4) is 0 Å². The van der Waals surface area contributed by atoms with E-state index in [0.717, 1.165) is 18.4 Å². The molecule has 2 saturated heterocycles. The molecule has 1 aliphatic carbocycles. The molecule has 5 nitrogen and oxygen atoms in total. The number of halogens is 7. The fraction of sp³-hybridized carbons (Fsp3) is 0.562. The Kier molecular flexibility index (Phi) is 9.04. The van der Waals surface area contributed by atoms with Gasteiger partial charge in [0, 0.05) is 57.0 Å². The van der Waals surface area contributed by atoms with E-state index in [2.05, 4.69) is 4.90 Å². The summed E-state index contributed by atoms with van der Waals surface area (Å²) in [6.45, 7) is 5.28. The van der Waals surface area contributed by atoms with Gasteiger partial charge in [0.25, 0.3) is 0 Å². The number of nitrogens with zero attached hydrogens (tertiary/aromatic N) is 3. The number of amides is 2. The second-order valence-electron chi connectivity index (χ2n) is 12.3. The third kappa shape index (κ3) is 7.21. The number of hydrogen-bond acceptors (Lipinski definition) is 3. The second kappa shape index (κ2) is 12.3. The molecule has 0 aromatic heterocycles. The third-order valence-electron chi connectivity index (χ3n) is 9.29. The predicted molar refractivity (Wildman–Crippen MR) is 149 cm³/mol. The fourth-order valence-corrected chi connectivity index (χ4v) is 6.81. The zero-order valence-electron chi connectivity index (χ0n) is 24.6. The van der Waals surface area contributed by atoms with E-state index in [4.69, 9.17) is 0 Å². The Morgan fingerprint density at radius 1 is 0.864 bits per heavy atom. The molecular weight excluding hydrogens is 591 g/mol. The minimum absolute atomic E-state index is 0.0239. The molecule has 2 aromatic rings. The lowest BCUT2D eigenvalue weighted by Crippen LogP contribution is -2.53. The molecule has 5 rings (SSSR count). The van der Waals surface area contributed by atoms with Crippen molar-refractivity contribution < 1.29 is 40.3 Å². The van der Waals surface area contributed by atoms with Crippen LogP contribution in [0.1, 0.15) is 72.8 Å². The topological polar surface area (TPSA) is 43.9 Å². The molecule has 2 aromatic carbocycles. The first-order valence-electron chi connectivity index (χ1n) is 15.0. The molecule has 44 heavy (non-hydrogen) atoms. The molecule has 2 atom stereocenters. The van der Waals surface area contributed by atoms with Crippen molar-refractivity contribution in [2.75, 3.05) is 26.2 Å². The van der Waals surface area contributed by atoms with E-state index in [-0.39, 0.29) is 48.0 Å². The smallest absolute Gasteiger partial charge is 0.343 e. The van der Waals surface area contributed by atoms with Gasteiger partial charge in [0.1, 0.15) is 5.82 Å². The summed E-state index contributed by atoms with van der Waals surface area (Å²) >= 11 is 0. The van der Waals surface area contributed by atoms with Gasteiger partial charge in [-0.1, -0.05) is 6.07 Å². The number of hydrogen-bond donors (Lipinski definition) is 0. The molecular formula is C32H36F7N3O2. The summed E-state index contributed by atoms with van der Waals surface area (Å²) in [5, 5.41) is 0. The molecule has 12 heteroatoms. The van der Waals surface area contributed by atoms with Crippen molar-refractivity contribution in [2.24, 2.45) is 5.92 Å². The summed E-state index contributed by atoms with van der Waals surface area (Å²) in [5.74, 6) is -1.63. The van der Waals surface area contributed by atoms with Crippen LogP contribution in [0.25, 0.3) is 0 Å². The van der Waals surface area contributed by atoms with Crippen LogP contribution in [0.2, 0.25) is 0 Å². The molecule has 0 N–H and O–H groups in total. The van der Waals surface area contributed by atoms with Crippen LogP contribution in [-0.4, -0.2) is 64.8 Å². The summed E-state index contributed by atoms with van der Waals surface area (Å²) in [7, 11) is 0. The molecule has 2 amide bonds. The van der Waals surface area contributed by atoms with Crippen LogP contribution in [0.5, 0.6) is 0 Å². The standard InChI is InChI=1S/C32H36F7N3O2/c1-19-13-24(33)3-6-27(19)29-18-41(25-7-10-40(11-8-25)20(2)43)12-9-28(29)30(44)42(26-4-5-26)17-21-14-22(31(34,35)36)16-23(15-21)32(37,38)39/h3,6,13-16,25-26,28-29H,4-5,7-12,17-18H2,1-2H3. The Morgan fingerprint density at radius 3 is 2.00 bits per heavy atom. The van der Waals surface area contributed by atoms with Crippen molar-refractivity contribution in [1.82, 2.24) is 14.7 Å². The van der Waals surface area contributed by atoms with Crippen LogP contribution < -0.4 is 0 Å². The Labute approximate surface area is 252 Å². The van der Waals surface area contributed by atoms with E-state index in [9.17, 15) is 40.3 Å². The van der Waals surface area contributed by atoms with E-state index in [1.807, 2.05) is 0 Å². The van der Waals surface area contributed by atoms with Crippen LogP contribution in [0, 0.1) is 18.7 Å². The van der Waals surface area contributed by atoms with E-state index >= 15 is 0 Å². The highest BCUT2D eigenvalue weighted by Gasteiger charge is 2.44. The zero-order chi connectivity index (χ0) is 32.0. The van der Waals surface area contributed by atoms with Crippen molar-refractivity contribution in [3.63, 3.8) is 0 Å². The van der Waals surface area contributed by atoms with Gasteiger partial charge in [-0.3, -0.25) is 14.5 Å². The van der Waals surface area contributed by atoms with Gasteiger partial charge in [0.2, 0.25) is 11.8 Å². The monoisotopic (exact) mass is 627 g/mol. The molecule has 0 spiro atoms. The molecule has 240 valence electrons. The quantitative estimate of drug-likeness (QED) is 0.332. The Hall–Kier alpha value is -3.15. The van der Waals surface area contributed by atoms with Gasteiger partial charge >= 0.3 is 12.4 Å². The highest BCUT2D eigenvalue weighted by molar-refractivity contribution is 5.81. The lowest BCUT2D eigenvalue weighted by Gasteiger charge is -2.45. The van der Waals surface area contributed by atoms with Gasteiger partial charge in [0.05, 0.1) is 11.1 Å². The highest BCUT2D eigenvalue weighted by atomic mass is 19.4. The van der Waals surface area contributed by atoms with Crippen LogP contribution in [-0.2, 0) is 28.5 Å². The minimum atomic E-state index is -4.98. The third-order valence-corrected chi connectivity index (χ3v) is 9.29. The Balaban J connectivity index is 1.43. The summed E-state index contributed by atoms with van der Waals surface area (Å²) in [6.07, 6.45) is -6.74. The fourth-order valence-electron chi connectivity index (χ4n) is 6.81. The Morgan fingerprint density at radius 2 is 1.48 bits per heavy atom. The van der Waals surface area contributed by atoms with Gasteiger partial charge in [-0.2, -0.15) is 26.3 Å². The summed E-state index contributed by atoms with van der Waals surface area (Å²) in [4.78, 5) is 31.6. The molecule has 1 saturated carbocycles. The van der Waals surface area contributed by atoms with Crippen LogP contribution in [0.4, 0.5) is 30.7 Å². The first kappa shape index (κ1) is 32.2. The molecule has 2 unspecified atom stereocenters. The van der Waals surface area contributed by atoms with Gasteiger partial charge in [0.15, 0.2) is 0 Å². The average molecular weight is 628 g/mol. The summed E-state index contributed by atoms with van der Waals surface area (Å²) in [6, 6.07) is 5.81. The SMILES string of the molecule is CC(=O)N1CCC(N2CCC(C(=O)N(Cc3cc(C(F)(F)F)cc(C(F)(F)F)c3)C3CC3)C(c3ccc(F)cc3C)C2)CC1. The number of rotatable bonds is 6. The largest absolute Gasteiger partial charge is 0.416 e.